The summed E-state index contributed by atoms with van der Waals surface area (Å²) >= 11 is 5.80. The number of benzene rings is 2. The lowest BCUT2D eigenvalue weighted by Crippen LogP contribution is -2.42. The van der Waals surface area contributed by atoms with Crippen molar-refractivity contribution in [3.8, 4) is 5.69 Å². The highest BCUT2D eigenvalue weighted by molar-refractivity contribution is 6.30. The number of hydrazine groups is 1. The fourth-order valence-corrected chi connectivity index (χ4v) is 2.88. The van der Waals surface area contributed by atoms with Gasteiger partial charge in [-0.25, -0.2) is 4.68 Å². The second kappa shape index (κ2) is 8.05. The van der Waals surface area contributed by atoms with E-state index >= 15 is 0 Å². The molecule has 138 valence electrons. The first-order valence-corrected chi connectivity index (χ1v) is 8.79. The molecule has 2 N–H and O–H groups in total. The lowest BCUT2D eigenvalue weighted by atomic mass is 10.1. The predicted molar refractivity (Wildman–Crippen MR) is 104 cm³/mol. The maximum Gasteiger partial charge on any atom is 0.269 e. The third-order valence-electron chi connectivity index (χ3n) is 4.20. The molecule has 0 aliphatic rings. The van der Waals surface area contributed by atoms with Gasteiger partial charge in [0.25, 0.3) is 5.91 Å². The number of nitrogens with one attached hydrogen (secondary N) is 2. The van der Waals surface area contributed by atoms with E-state index in [2.05, 4.69) is 16.0 Å². The molecule has 0 radical (unpaired) electrons. The number of hydrogen-bond donors (Lipinski definition) is 2. The van der Waals surface area contributed by atoms with Crippen molar-refractivity contribution in [2.45, 2.75) is 20.3 Å². The molecule has 6 nitrogen and oxygen atoms in total. The van der Waals surface area contributed by atoms with Gasteiger partial charge in [-0.3, -0.25) is 20.4 Å². The van der Waals surface area contributed by atoms with Gasteiger partial charge in [0.1, 0.15) is 0 Å². The minimum absolute atomic E-state index is 0.116. The van der Waals surface area contributed by atoms with Gasteiger partial charge in [0.05, 0.1) is 17.8 Å². The summed E-state index contributed by atoms with van der Waals surface area (Å²) in [6.07, 6.45) is 0.116. The Bertz CT molecular complexity index is 966. The van der Waals surface area contributed by atoms with Crippen molar-refractivity contribution >= 4 is 23.4 Å². The molecule has 0 fully saturated rings. The molecule has 3 aromatic rings. The second-order valence-electron chi connectivity index (χ2n) is 6.08. The van der Waals surface area contributed by atoms with Crippen LogP contribution in [0.5, 0.6) is 0 Å². The largest absolute Gasteiger partial charge is 0.273 e. The first-order chi connectivity index (χ1) is 13.0. The van der Waals surface area contributed by atoms with Crippen molar-refractivity contribution in [3.05, 3.63) is 82.1 Å². The standard InChI is InChI=1S/C20H19ClN4O2/c1-13-18(14(2)25(24-13)17-6-4-3-5-7-17)12-19(26)22-23-20(27)15-8-10-16(21)11-9-15/h3-11H,12H2,1-2H3,(H,22,26)(H,23,27). The quantitative estimate of drug-likeness (QED) is 0.680. The van der Waals surface area contributed by atoms with Gasteiger partial charge in [-0.05, 0) is 50.2 Å². The molecule has 0 bridgehead atoms. The number of carbonyl (C=O) groups excluding carboxylic acids is 2. The molecule has 2 aromatic carbocycles. The van der Waals surface area contributed by atoms with Crippen molar-refractivity contribution in [1.29, 1.82) is 0 Å². The highest BCUT2D eigenvalue weighted by Crippen LogP contribution is 2.18. The normalized spacial score (nSPS) is 10.5. The third kappa shape index (κ3) is 4.35. The highest BCUT2D eigenvalue weighted by atomic mass is 35.5. The Morgan fingerprint density at radius 2 is 1.67 bits per heavy atom. The van der Waals surface area contributed by atoms with E-state index in [0.29, 0.717) is 10.6 Å². The van der Waals surface area contributed by atoms with E-state index in [9.17, 15) is 9.59 Å². The molecule has 3 rings (SSSR count). The summed E-state index contributed by atoms with van der Waals surface area (Å²) in [5.41, 5.74) is 8.68. The number of aromatic nitrogens is 2. The summed E-state index contributed by atoms with van der Waals surface area (Å²) in [5.74, 6) is -0.732. The monoisotopic (exact) mass is 382 g/mol. The number of rotatable bonds is 4. The van der Waals surface area contributed by atoms with Crippen molar-refractivity contribution in [2.75, 3.05) is 0 Å². The molecule has 7 heteroatoms. The zero-order valence-corrected chi connectivity index (χ0v) is 15.7. The van der Waals surface area contributed by atoms with Crippen LogP contribution in [-0.4, -0.2) is 21.6 Å². The molecule has 1 heterocycles. The smallest absolute Gasteiger partial charge is 0.269 e. The van der Waals surface area contributed by atoms with Crippen LogP contribution in [0.15, 0.2) is 54.6 Å². The van der Waals surface area contributed by atoms with Crippen molar-refractivity contribution in [1.82, 2.24) is 20.6 Å². The summed E-state index contributed by atoms with van der Waals surface area (Å²) in [6.45, 7) is 3.78. The summed E-state index contributed by atoms with van der Waals surface area (Å²) in [5, 5.41) is 5.06. The summed E-state index contributed by atoms with van der Waals surface area (Å²) in [6, 6.07) is 16.1. The summed E-state index contributed by atoms with van der Waals surface area (Å²) in [7, 11) is 0. The molecule has 0 spiro atoms. The van der Waals surface area contributed by atoms with E-state index < -0.39 is 5.91 Å². The summed E-state index contributed by atoms with van der Waals surface area (Å²) in [4.78, 5) is 24.3. The van der Waals surface area contributed by atoms with Gasteiger partial charge in [-0.1, -0.05) is 29.8 Å². The average molecular weight is 383 g/mol. The van der Waals surface area contributed by atoms with E-state index in [1.807, 2.05) is 48.9 Å². The van der Waals surface area contributed by atoms with Gasteiger partial charge in [0.15, 0.2) is 0 Å². The first-order valence-electron chi connectivity index (χ1n) is 8.41. The van der Waals surface area contributed by atoms with E-state index in [-0.39, 0.29) is 12.3 Å². The van der Waals surface area contributed by atoms with Gasteiger partial charge in [-0.2, -0.15) is 5.10 Å². The van der Waals surface area contributed by atoms with E-state index in [1.54, 1.807) is 24.3 Å². The number of nitrogens with zero attached hydrogens (tertiary/aromatic N) is 2. The Kier molecular flexibility index (Phi) is 5.57. The van der Waals surface area contributed by atoms with Crippen molar-refractivity contribution < 1.29 is 9.59 Å². The minimum Gasteiger partial charge on any atom is -0.273 e. The summed E-state index contributed by atoms with van der Waals surface area (Å²) < 4.78 is 1.81. The van der Waals surface area contributed by atoms with E-state index in [4.69, 9.17) is 11.6 Å². The Balaban J connectivity index is 1.65. The first kappa shape index (κ1) is 18.7. The number of carbonyl (C=O) groups is 2. The molecular formula is C20H19ClN4O2. The van der Waals surface area contributed by atoms with E-state index in [0.717, 1.165) is 22.6 Å². The van der Waals surface area contributed by atoms with Crippen LogP contribution in [0.25, 0.3) is 5.69 Å². The van der Waals surface area contributed by atoms with E-state index in [1.165, 1.54) is 0 Å². The molecule has 1 aromatic heterocycles. The molecular weight excluding hydrogens is 364 g/mol. The number of aryl methyl sites for hydroxylation is 1. The number of halogens is 1. The molecule has 0 atom stereocenters. The average Bonchev–Trinajstić information content (AvgIpc) is 2.95. The molecule has 2 amide bonds. The Hall–Kier alpha value is -3.12. The third-order valence-corrected chi connectivity index (χ3v) is 4.45. The van der Waals surface area contributed by atoms with Gasteiger partial charge >= 0.3 is 0 Å². The lowest BCUT2D eigenvalue weighted by molar-refractivity contribution is -0.121. The van der Waals surface area contributed by atoms with Crippen LogP contribution in [0, 0.1) is 13.8 Å². The Morgan fingerprint density at radius 3 is 2.33 bits per heavy atom. The highest BCUT2D eigenvalue weighted by Gasteiger charge is 2.16. The molecule has 27 heavy (non-hydrogen) atoms. The maximum atomic E-state index is 12.3. The topological polar surface area (TPSA) is 76.0 Å². The minimum atomic E-state index is -0.409. The molecule has 0 saturated carbocycles. The zero-order valence-electron chi connectivity index (χ0n) is 15.0. The van der Waals surface area contributed by atoms with Crippen LogP contribution in [-0.2, 0) is 11.2 Å². The van der Waals surface area contributed by atoms with Crippen LogP contribution in [0.2, 0.25) is 5.02 Å². The lowest BCUT2D eigenvalue weighted by Gasteiger charge is -2.08. The van der Waals surface area contributed by atoms with Crippen LogP contribution < -0.4 is 10.9 Å². The molecule has 0 saturated heterocycles. The fraction of sp³-hybridized carbons (Fsp3) is 0.150. The molecule has 0 aliphatic carbocycles. The Morgan fingerprint density at radius 1 is 1.00 bits per heavy atom. The zero-order chi connectivity index (χ0) is 19.4. The SMILES string of the molecule is Cc1nn(-c2ccccc2)c(C)c1CC(=O)NNC(=O)c1ccc(Cl)cc1. The fourth-order valence-electron chi connectivity index (χ4n) is 2.76. The van der Waals surface area contributed by atoms with Gasteiger partial charge < -0.3 is 0 Å². The molecule has 0 aliphatic heterocycles. The maximum absolute atomic E-state index is 12.3. The van der Waals surface area contributed by atoms with Crippen LogP contribution >= 0.6 is 11.6 Å². The van der Waals surface area contributed by atoms with Crippen molar-refractivity contribution in [2.24, 2.45) is 0 Å². The Labute approximate surface area is 162 Å². The second-order valence-corrected chi connectivity index (χ2v) is 6.52. The van der Waals surface area contributed by atoms with Gasteiger partial charge in [-0.15, -0.1) is 0 Å². The van der Waals surface area contributed by atoms with Crippen LogP contribution in [0.1, 0.15) is 27.3 Å². The van der Waals surface area contributed by atoms with Crippen molar-refractivity contribution in [3.63, 3.8) is 0 Å². The van der Waals surface area contributed by atoms with Crippen LogP contribution in [0.4, 0.5) is 0 Å². The van der Waals surface area contributed by atoms with Crippen LogP contribution in [0.3, 0.4) is 0 Å². The van der Waals surface area contributed by atoms with Gasteiger partial charge in [0, 0.05) is 21.8 Å². The number of para-hydroxylation sites is 1. The molecule has 0 unspecified atom stereocenters. The predicted octanol–water partition coefficient (Wildman–Crippen LogP) is 3.15. The number of amides is 2. The van der Waals surface area contributed by atoms with Gasteiger partial charge in [0.2, 0.25) is 5.91 Å². The number of hydrogen-bond acceptors (Lipinski definition) is 3.